The van der Waals surface area contributed by atoms with E-state index in [2.05, 4.69) is 50.2 Å². The summed E-state index contributed by atoms with van der Waals surface area (Å²) in [5.41, 5.74) is 2.33. The summed E-state index contributed by atoms with van der Waals surface area (Å²) in [5.74, 6) is 1.82. The molecule has 0 aliphatic heterocycles. The predicted molar refractivity (Wildman–Crippen MR) is 77.5 cm³/mol. The number of imidazole rings is 1. The van der Waals surface area contributed by atoms with Crippen LogP contribution in [0.4, 0.5) is 0 Å². The van der Waals surface area contributed by atoms with Gasteiger partial charge in [0.05, 0.1) is 11.9 Å². The van der Waals surface area contributed by atoms with E-state index >= 15 is 0 Å². The van der Waals surface area contributed by atoms with Crippen LogP contribution in [-0.2, 0) is 0 Å². The molecule has 1 aromatic heterocycles. The van der Waals surface area contributed by atoms with E-state index in [4.69, 9.17) is 0 Å². The van der Waals surface area contributed by atoms with Gasteiger partial charge in [-0.3, -0.25) is 0 Å². The Morgan fingerprint density at radius 1 is 1.06 bits per heavy atom. The molecule has 1 aliphatic carbocycles. The second-order valence-electron chi connectivity index (χ2n) is 5.02. The van der Waals surface area contributed by atoms with Crippen LogP contribution in [0.3, 0.4) is 0 Å². The van der Waals surface area contributed by atoms with Crippen LogP contribution in [-0.4, -0.2) is 9.97 Å². The highest BCUT2D eigenvalue weighted by Gasteiger charge is 2.18. The minimum absolute atomic E-state index is 0.642. The summed E-state index contributed by atoms with van der Waals surface area (Å²) in [7, 11) is 0. The molecule has 0 amide bonds. The first-order valence-corrected chi connectivity index (χ1v) is 7.43. The fraction of sp³-hybridized carbons (Fsp3) is 0.400. The van der Waals surface area contributed by atoms with Crippen molar-refractivity contribution in [2.75, 3.05) is 0 Å². The van der Waals surface area contributed by atoms with Crippen LogP contribution >= 0.6 is 15.9 Å². The summed E-state index contributed by atoms with van der Waals surface area (Å²) < 4.78 is 1.11. The lowest BCUT2D eigenvalue weighted by Crippen LogP contribution is -2.06. The molecular formula is C15H17BrN2. The molecule has 1 aliphatic rings. The Balaban J connectivity index is 1.82. The second-order valence-corrected chi connectivity index (χ2v) is 5.94. The van der Waals surface area contributed by atoms with Gasteiger partial charge in [0, 0.05) is 10.4 Å². The third-order valence-corrected chi connectivity index (χ3v) is 4.27. The first-order valence-electron chi connectivity index (χ1n) is 6.64. The minimum atomic E-state index is 0.642. The van der Waals surface area contributed by atoms with Crippen molar-refractivity contribution in [3.63, 3.8) is 0 Å². The number of benzene rings is 1. The van der Waals surface area contributed by atoms with E-state index in [0.717, 1.165) is 10.2 Å². The molecule has 1 aromatic carbocycles. The van der Waals surface area contributed by atoms with Crippen molar-refractivity contribution in [3.8, 4) is 11.3 Å². The lowest BCUT2D eigenvalue weighted by Gasteiger charge is -2.19. The summed E-state index contributed by atoms with van der Waals surface area (Å²) in [4.78, 5) is 8.06. The van der Waals surface area contributed by atoms with E-state index < -0.39 is 0 Å². The number of aromatic amines is 1. The number of halogens is 1. The Labute approximate surface area is 116 Å². The molecular weight excluding hydrogens is 288 g/mol. The Bertz CT molecular complexity index is 510. The third kappa shape index (κ3) is 2.51. The molecule has 0 spiro atoms. The van der Waals surface area contributed by atoms with E-state index in [1.165, 1.54) is 43.5 Å². The normalized spacial score (nSPS) is 16.9. The average molecular weight is 305 g/mol. The maximum absolute atomic E-state index is 4.57. The number of aromatic nitrogens is 2. The lowest BCUT2D eigenvalue weighted by atomic mass is 9.89. The summed E-state index contributed by atoms with van der Waals surface area (Å²) in [5, 5.41) is 0. The molecule has 1 N–H and O–H groups in total. The van der Waals surface area contributed by atoms with Gasteiger partial charge < -0.3 is 4.98 Å². The van der Waals surface area contributed by atoms with E-state index in [0.29, 0.717) is 5.92 Å². The number of nitrogens with zero attached hydrogens (tertiary/aromatic N) is 1. The van der Waals surface area contributed by atoms with Gasteiger partial charge in [0.15, 0.2) is 0 Å². The summed E-state index contributed by atoms with van der Waals surface area (Å²) >= 11 is 3.46. The second kappa shape index (κ2) is 5.27. The first kappa shape index (κ1) is 12.0. The Hall–Kier alpha value is -1.09. The standard InChI is InChI=1S/C15H17BrN2/c16-13-8-6-11(7-9-13)14-10-17-15(18-14)12-4-2-1-3-5-12/h6-10,12H,1-5H2,(H,17,18). The fourth-order valence-corrected chi connectivity index (χ4v) is 2.96. The van der Waals surface area contributed by atoms with Crippen LogP contribution in [0, 0.1) is 0 Å². The van der Waals surface area contributed by atoms with Gasteiger partial charge in [-0.05, 0) is 30.5 Å². The highest BCUT2D eigenvalue weighted by Crippen LogP contribution is 2.32. The van der Waals surface area contributed by atoms with Crippen LogP contribution in [0.2, 0.25) is 0 Å². The van der Waals surface area contributed by atoms with Crippen molar-refractivity contribution in [2.24, 2.45) is 0 Å². The molecule has 3 heteroatoms. The smallest absolute Gasteiger partial charge is 0.109 e. The summed E-state index contributed by atoms with van der Waals surface area (Å²) in [6, 6.07) is 8.36. The van der Waals surface area contributed by atoms with Crippen molar-refractivity contribution < 1.29 is 0 Å². The predicted octanol–water partition coefficient (Wildman–Crippen LogP) is 4.89. The molecule has 2 nitrogen and oxygen atoms in total. The van der Waals surface area contributed by atoms with Crippen LogP contribution in [0.15, 0.2) is 34.9 Å². The van der Waals surface area contributed by atoms with Gasteiger partial charge in [0.1, 0.15) is 5.82 Å². The van der Waals surface area contributed by atoms with Crippen LogP contribution in [0.1, 0.15) is 43.8 Å². The Morgan fingerprint density at radius 3 is 2.50 bits per heavy atom. The zero-order chi connectivity index (χ0) is 12.4. The molecule has 1 saturated carbocycles. The van der Waals surface area contributed by atoms with Gasteiger partial charge >= 0.3 is 0 Å². The monoisotopic (exact) mass is 304 g/mol. The van der Waals surface area contributed by atoms with Gasteiger partial charge in [-0.2, -0.15) is 0 Å². The SMILES string of the molecule is Brc1ccc(-c2cnc(C3CCCCC3)[nH]2)cc1. The molecule has 0 saturated heterocycles. The molecule has 18 heavy (non-hydrogen) atoms. The van der Waals surface area contributed by atoms with Gasteiger partial charge in [0.25, 0.3) is 0 Å². The molecule has 0 atom stereocenters. The quantitative estimate of drug-likeness (QED) is 0.841. The van der Waals surface area contributed by atoms with Gasteiger partial charge in [-0.15, -0.1) is 0 Å². The van der Waals surface area contributed by atoms with Crippen molar-refractivity contribution >= 4 is 15.9 Å². The Morgan fingerprint density at radius 2 is 1.78 bits per heavy atom. The van der Waals surface area contributed by atoms with Crippen LogP contribution < -0.4 is 0 Å². The number of nitrogens with one attached hydrogen (secondary N) is 1. The number of hydrogen-bond donors (Lipinski definition) is 1. The minimum Gasteiger partial charge on any atom is -0.342 e. The average Bonchev–Trinajstić information content (AvgIpc) is 2.90. The molecule has 0 bridgehead atoms. The van der Waals surface area contributed by atoms with Crippen molar-refractivity contribution in [2.45, 2.75) is 38.0 Å². The number of rotatable bonds is 2. The van der Waals surface area contributed by atoms with Crippen molar-refractivity contribution in [1.29, 1.82) is 0 Å². The first-order chi connectivity index (χ1) is 8.83. The fourth-order valence-electron chi connectivity index (χ4n) is 2.70. The van der Waals surface area contributed by atoms with E-state index in [9.17, 15) is 0 Å². The zero-order valence-corrected chi connectivity index (χ0v) is 11.9. The van der Waals surface area contributed by atoms with Gasteiger partial charge in [-0.25, -0.2) is 4.98 Å². The van der Waals surface area contributed by atoms with E-state index in [1.807, 2.05) is 6.20 Å². The molecule has 3 rings (SSSR count). The number of hydrogen-bond acceptors (Lipinski definition) is 1. The highest BCUT2D eigenvalue weighted by molar-refractivity contribution is 9.10. The van der Waals surface area contributed by atoms with Crippen LogP contribution in [0.25, 0.3) is 11.3 Å². The summed E-state index contributed by atoms with van der Waals surface area (Å²) in [6.45, 7) is 0. The highest BCUT2D eigenvalue weighted by atomic mass is 79.9. The molecule has 0 radical (unpaired) electrons. The maximum atomic E-state index is 4.57. The summed E-state index contributed by atoms with van der Waals surface area (Å²) in [6.07, 6.45) is 8.61. The zero-order valence-electron chi connectivity index (χ0n) is 10.3. The lowest BCUT2D eigenvalue weighted by molar-refractivity contribution is 0.431. The maximum Gasteiger partial charge on any atom is 0.109 e. The topological polar surface area (TPSA) is 28.7 Å². The molecule has 94 valence electrons. The van der Waals surface area contributed by atoms with Crippen LogP contribution in [0.5, 0.6) is 0 Å². The molecule has 1 heterocycles. The Kier molecular flexibility index (Phi) is 3.50. The molecule has 0 unspecified atom stereocenters. The molecule has 1 fully saturated rings. The molecule has 2 aromatic rings. The largest absolute Gasteiger partial charge is 0.342 e. The van der Waals surface area contributed by atoms with Crippen molar-refractivity contribution in [3.05, 3.63) is 40.8 Å². The van der Waals surface area contributed by atoms with E-state index in [-0.39, 0.29) is 0 Å². The van der Waals surface area contributed by atoms with Crippen molar-refractivity contribution in [1.82, 2.24) is 9.97 Å². The van der Waals surface area contributed by atoms with Gasteiger partial charge in [0.2, 0.25) is 0 Å². The third-order valence-electron chi connectivity index (χ3n) is 3.74. The number of H-pyrrole nitrogens is 1. The van der Waals surface area contributed by atoms with Gasteiger partial charge in [-0.1, -0.05) is 47.3 Å². The van der Waals surface area contributed by atoms with E-state index in [1.54, 1.807) is 0 Å².